The van der Waals surface area contributed by atoms with E-state index in [1.165, 1.54) is 0 Å². The first-order valence-electron chi connectivity index (χ1n) is 7.91. The molecule has 8 heteroatoms. The lowest BCUT2D eigenvalue weighted by Crippen LogP contribution is -2.47. The number of benzene rings is 1. The quantitative estimate of drug-likeness (QED) is 0.690. The SMILES string of the molecule is CC(C)(C)OC(=O)NC(CCNC(=O)OCc1ccccc1)C(N)=O. The second-order valence-electron chi connectivity index (χ2n) is 6.38. The lowest BCUT2D eigenvalue weighted by Gasteiger charge is -2.22. The van der Waals surface area contributed by atoms with Crippen molar-refractivity contribution in [3.05, 3.63) is 35.9 Å². The molecule has 1 aromatic carbocycles. The van der Waals surface area contributed by atoms with E-state index < -0.39 is 29.7 Å². The van der Waals surface area contributed by atoms with Crippen LogP contribution in [0.5, 0.6) is 0 Å². The largest absolute Gasteiger partial charge is 0.445 e. The number of primary amides is 1. The Morgan fingerprint density at radius 2 is 1.76 bits per heavy atom. The maximum Gasteiger partial charge on any atom is 0.408 e. The lowest BCUT2D eigenvalue weighted by atomic mass is 10.2. The van der Waals surface area contributed by atoms with Crippen molar-refractivity contribution in [3.8, 4) is 0 Å². The van der Waals surface area contributed by atoms with Gasteiger partial charge in [0.05, 0.1) is 0 Å². The van der Waals surface area contributed by atoms with Crippen LogP contribution in [0.25, 0.3) is 0 Å². The topological polar surface area (TPSA) is 120 Å². The average Bonchev–Trinajstić information content (AvgIpc) is 2.51. The highest BCUT2D eigenvalue weighted by molar-refractivity contribution is 5.84. The first kappa shape index (κ1) is 20.3. The van der Waals surface area contributed by atoms with Gasteiger partial charge in [0.15, 0.2) is 0 Å². The molecule has 0 saturated carbocycles. The third-order valence-electron chi connectivity index (χ3n) is 2.95. The van der Waals surface area contributed by atoms with Crippen LogP contribution in [0.4, 0.5) is 9.59 Å². The van der Waals surface area contributed by atoms with Crippen LogP contribution in [0.3, 0.4) is 0 Å². The number of hydrogen-bond acceptors (Lipinski definition) is 5. The predicted octanol–water partition coefficient (Wildman–Crippen LogP) is 1.68. The fraction of sp³-hybridized carbons (Fsp3) is 0.471. The maximum atomic E-state index is 11.7. The molecule has 0 radical (unpaired) electrons. The van der Waals surface area contributed by atoms with Crippen molar-refractivity contribution < 1.29 is 23.9 Å². The normalized spacial score (nSPS) is 12.0. The molecule has 8 nitrogen and oxygen atoms in total. The summed E-state index contributed by atoms with van der Waals surface area (Å²) < 4.78 is 10.1. The van der Waals surface area contributed by atoms with Gasteiger partial charge in [0.2, 0.25) is 5.91 Å². The third-order valence-corrected chi connectivity index (χ3v) is 2.95. The van der Waals surface area contributed by atoms with E-state index in [0.29, 0.717) is 0 Å². The predicted molar refractivity (Wildman–Crippen MR) is 91.6 cm³/mol. The standard InChI is InChI=1S/C17H25N3O5/c1-17(2,3)25-16(23)20-13(14(18)21)9-10-19-15(22)24-11-12-7-5-4-6-8-12/h4-8,13H,9-11H2,1-3H3,(H2,18,21)(H,19,22)(H,20,23). The smallest absolute Gasteiger partial charge is 0.408 e. The summed E-state index contributed by atoms with van der Waals surface area (Å²) in [7, 11) is 0. The van der Waals surface area contributed by atoms with Crippen molar-refractivity contribution in [3.63, 3.8) is 0 Å². The molecule has 0 fully saturated rings. The van der Waals surface area contributed by atoms with Crippen molar-refractivity contribution in [1.29, 1.82) is 0 Å². The van der Waals surface area contributed by atoms with E-state index in [0.717, 1.165) is 5.56 Å². The van der Waals surface area contributed by atoms with Crippen molar-refractivity contribution in [2.75, 3.05) is 6.54 Å². The molecule has 1 unspecified atom stereocenters. The molecule has 0 aliphatic rings. The summed E-state index contributed by atoms with van der Waals surface area (Å²) >= 11 is 0. The van der Waals surface area contributed by atoms with Crippen LogP contribution >= 0.6 is 0 Å². The first-order chi connectivity index (χ1) is 11.7. The van der Waals surface area contributed by atoms with Crippen LogP contribution in [0.2, 0.25) is 0 Å². The molecule has 1 rings (SSSR count). The monoisotopic (exact) mass is 351 g/mol. The van der Waals surface area contributed by atoms with Gasteiger partial charge in [-0.05, 0) is 32.8 Å². The van der Waals surface area contributed by atoms with E-state index in [-0.39, 0.29) is 19.6 Å². The summed E-state index contributed by atoms with van der Waals surface area (Å²) in [6.07, 6.45) is -1.25. The number of alkyl carbamates (subject to hydrolysis) is 2. The molecule has 25 heavy (non-hydrogen) atoms. The van der Waals surface area contributed by atoms with Gasteiger partial charge in [0.1, 0.15) is 18.2 Å². The summed E-state index contributed by atoms with van der Waals surface area (Å²) in [6.45, 7) is 5.36. The molecule has 0 saturated heterocycles. The summed E-state index contributed by atoms with van der Waals surface area (Å²) in [5.41, 5.74) is 5.42. The van der Waals surface area contributed by atoms with Gasteiger partial charge in [-0.3, -0.25) is 4.79 Å². The third kappa shape index (κ3) is 9.19. The summed E-state index contributed by atoms with van der Waals surface area (Å²) in [5, 5.41) is 4.88. The molecule has 0 heterocycles. The first-order valence-corrected chi connectivity index (χ1v) is 7.91. The number of nitrogens with two attached hydrogens (primary N) is 1. The Morgan fingerprint density at radius 1 is 1.12 bits per heavy atom. The van der Waals surface area contributed by atoms with E-state index in [9.17, 15) is 14.4 Å². The number of carbonyl (C=O) groups excluding carboxylic acids is 3. The summed E-state index contributed by atoms with van der Waals surface area (Å²) in [5.74, 6) is -0.717. The van der Waals surface area contributed by atoms with E-state index in [4.69, 9.17) is 15.2 Å². The molecule has 0 spiro atoms. The zero-order chi connectivity index (χ0) is 18.9. The Bertz CT molecular complexity index is 584. The number of carbonyl (C=O) groups is 3. The van der Waals surface area contributed by atoms with E-state index in [2.05, 4.69) is 10.6 Å². The molecular formula is C17H25N3O5. The minimum absolute atomic E-state index is 0.108. The van der Waals surface area contributed by atoms with Crippen molar-refractivity contribution in [2.45, 2.75) is 45.4 Å². The van der Waals surface area contributed by atoms with E-state index >= 15 is 0 Å². The molecule has 3 amide bonds. The summed E-state index contributed by atoms with van der Waals surface area (Å²) in [6, 6.07) is 8.27. The van der Waals surface area contributed by atoms with Gasteiger partial charge < -0.3 is 25.8 Å². The zero-order valence-electron chi connectivity index (χ0n) is 14.7. The number of ether oxygens (including phenoxy) is 2. The minimum Gasteiger partial charge on any atom is -0.445 e. The van der Waals surface area contributed by atoms with Gasteiger partial charge in [-0.15, -0.1) is 0 Å². The fourth-order valence-corrected chi connectivity index (χ4v) is 1.83. The van der Waals surface area contributed by atoms with E-state index in [1.54, 1.807) is 20.8 Å². The van der Waals surface area contributed by atoms with Crippen LogP contribution < -0.4 is 16.4 Å². The van der Waals surface area contributed by atoms with Crippen LogP contribution in [0, 0.1) is 0 Å². The molecule has 1 aromatic rings. The van der Waals surface area contributed by atoms with E-state index in [1.807, 2.05) is 30.3 Å². The molecule has 0 aromatic heterocycles. The molecular weight excluding hydrogens is 326 g/mol. The van der Waals surface area contributed by atoms with Crippen LogP contribution in [0.1, 0.15) is 32.8 Å². The second-order valence-corrected chi connectivity index (χ2v) is 6.38. The van der Waals surface area contributed by atoms with Gasteiger partial charge in [-0.25, -0.2) is 9.59 Å². The second kappa shape index (κ2) is 9.51. The van der Waals surface area contributed by atoms with Gasteiger partial charge >= 0.3 is 12.2 Å². The van der Waals surface area contributed by atoms with Gasteiger partial charge in [0.25, 0.3) is 0 Å². The zero-order valence-corrected chi connectivity index (χ0v) is 14.7. The maximum absolute atomic E-state index is 11.7. The number of nitrogens with one attached hydrogen (secondary N) is 2. The lowest BCUT2D eigenvalue weighted by molar-refractivity contribution is -0.120. The van der Waals surface area contributed by atoms with Crippen molar-refractivity contribution in [1.82, 2.24) is 10.6 Å². The highest BCUT2D eigenvalue weighted by Crippen LogP contribution is 2.07. The molecule has 0 bridgehead atoms. The minimum atomic E-state index is -0.954. The summed E-state index contributed by atoms with van der Waals surface area (Å²) in [4.78, 5) is 34.7. The van der Waals surface area contributed by atoms with Gasteiger partial charge in [0, 0.05) is 6.54 Å². The molecule has 1 atom stereocenters. The Balaban J connectivity index is 2.33. The van der Waals surface area contributed by atoms with Crippen LogP contribution in [0.15, 0.2) is 30.3 Å². The Labute approximate surface area is 147 Å². The highest BCUT2D eigenvalue weighted by atomic mass is 16.6. The fourth-order valence-electron chi connectivity index (χ4n) is 1.83. The number of rotatable bonds is 7. The molecule has 4 N–H and O–H groups in total. The van der Waals surface area contributed by atoms with Gasteiger partial charge in [-0.1, -0.05) is 30.3 Å². The molecule has 0 aliphatic carbocycles. The van der Waals surface area contributed by atoms with Crippen molar-refractivity contribution >= 4 is 18.1 Å². The Morgan fingerprint density at radius 3 is 2.32 bits per heavy atom. The molecule has 0 aliphatic heterocycles. The Kier molecular flexibility index (Phi) is 7.71. The number of amides is 3. The highest BCUT2D eigenvalue weighted by Gasteiger charge is 2.22. The Hall–Kier alpha value is -2.77. The van der Waals surface area contributed by atoms with Crippen LogP contribution in [-0.4, -0.2) is 36.3 Å². The average molecular weight is 351 g/mol. The molecule has 138 valence electrons. The van der Waals surface area contributed by atoms with Crippen LogP contribution in [-0.2, 0) is 20.9 Å². The van der Waals surface area contributed by atoms with Crippen molar-refractivity contribution in [2.24, 2.45) is 5.73 Å². The number of hydrogen-bond donors (Lipinski definition) is 3. The van der Waals surface area contributed by atoms with Gasteiger partial charge in [-0.2, -0.15) is 0 Å².